The second kappa shape index (κ2) is 5.49. The molecule has 0 aliphatic heterocycles. The number of nitrogens with zero attached hydrogens (tertiary/aromatic N) is 2. The van der Waals surface area contributed by atoms with E-state index in [0.717, 1.165) is 6.54 Å². The summed E-state index contributed by atoms with van der Waals surface area (Å²) in [4.78, 5) is 17.8. The van der Waals surface area contributed by atoms with Crippen LogP contribution in [0, 0.1) is 5.92 Å². The van der Waals surface area contributed by atoms with Gasteiger partial charge in [0.15, 0.2) is 0 Å². The van der Waals surface area contributed by atoms with E-state index in [1.165, 1.54) is 0 Å². The van der Waals surface area contributed by atoms with Crippen LogP contribution in [-0.2, 0) is 0 Å². The first kappa shape index (κ1) is 12.5. The van der Waals surface area contributed by atoms with Gasteiger partial charge in [-0.05, 0) is 25.0 Å². The van der Waals surface area contributed by atoms with E-state index >= 15 is 0 Å². The Morgan fingerprint density at radius 1 is 1.56 bits per heavy atom. The first-order valence-electron chi connectivity index (χ1n) is 5.55. The van der Waals surface area contributed by atoms with Crippen LogP contribution in [0.25, 0.3) is 0 Å². The maximum absolute atomic E-state index is 12.1. The smallest absolute Gasteiger partial charge is 0.254 e. The van der Waals surface area contributed by atoms with Crippen molar-refractivity contribution in [3.05, 3.63) is 23.9 Å². The van der Waals surface area contributed by atoms with Crippen LogP contribution in [0.2, 0.25) is 0 Å². The molecule has 1 heterocycles. The molecule has 0 atom stereocenters. The molecule has 4 nitrogen and oxygen atoms in total. The standard InChI is InChI=1S/C12H19N3O/c1-4-15(8-9(2)3)12(16)10-5-6-14-11(13)7-10/h5-7,9H,4,8H2,1-3H3,(H2,13,14). The lowest BCUT2D eigenvalue weighted by atomic mass is 10.1. The van der Waals surface area contributed by atoms with Gasteiger partial charge >= 0.3 is 0 Å². The highest BCUT2D eigenvalue weighted by Crippen LogP contribution is 2.09. The summed E-state index contributed by atoms with van der Waals surface area (Å²) >= 11 is 0. The molecule has 2 N–H and O–H groups in total. The Kier molecular flexibility index (Phi) is 4.28. The second-order valence-corrected chi connectivity index (χ2v) is 4.21. The number of rotatable bonds is 4. The fourth-order valence-electron chi connectivity index (χ4n) is 1.56. The van der Waals surface area contributed by atoms with Gasteiger partial charge in [-0.3, -0.25) is 4.79 Å². The normalized spacial score (nSPS) is 10.5. The third kappa shape index (κ3) is 3.22. The third-order valence-electron chi connectivity index (χ3n) is 2.28. The molecule has 0 fully saturated rings. The number of nitrogens with two attached hydrogens (primary N) is 1. The fraction of sp³-hybridized carbons (Fsp3) is 0.500. The van der Waals surface area contributed by atoms with E-state index in [0.29, 0.717) is 23.8 Å². The lowest BCUT2D eigenvalue weighted by Gasteiger charge is -2.22. The molecule has 0 radical (unpaired) electrons. The molecule has 0 unspecified atom stereocenters. The molecule has 1 amide bonds. The first-order valence-corrected chi connectivity index (χ1v) is 5.55. The highest BCUT2D eigenvalue weighted by Gasteiger charge is 2.15. The number of amides is 1. The maximum atomic E-state index is 12.1. The Morgan fingerprint density at radius 2 is 2.25 bits per heavy atom. The summed E-state index contributed by atoms with van der Waals surface area (Å²) in [5.41, 5.74) is 6.16. The number of aromatic nitrogens is 1. The van der Waals surface area contributed by atoms with E-state index in [9.17, 15) is 4.79 Å². The van der Waals surface area contributed by atoms with Crippen molar-refractivity contribution in [2.45, 2.75) is 20.8 Å². The van der Waals surface area contributed by atoms with Gasteiger partial charge in [-0.25, -0.2) is 4.98 Å². The Morgan fingerprint density at radius 3 is 2.75 bits per heavy atom. The first-order chi connectivity index (χ1) is 7.54. The van der Waals surface area contributed by atoms with Gasteiger partial charge in [0.25, 0.3) is 5.91 Å². The van der Waals surface area contributed by atoms with Gasteiger partial charge in [0.1, 0.15) is 5.82 Å². The van der Waals surface area contributed by atoms with Crippen molar-refractivity contribution in [3.8, 4) is 0 Å². The lowest BCUT2D eigenvalue weighted by Crippen LogP contribution is -2.34. The molecule has 0 saturated carbocycles. The third-order valence-corrected chi connectivity index (χ3v) is 2.28. The van der Waals surface area contributed by atoms with Gasteiger partial charge in [-0.1, -0.05) is 13.8 Å². The van der Waals surface area contributed by atoms with E-state index in [-0.39, 0.29) is 5.91 Å². The van der Waals surface area contributed by atoms with Crippen molar-refractivity contribution in [2.75, 3.05) is 18.8 Å². The molecule has 0 saturated heterocycles. The quantitative estimate of drug-likeness (QED) is 0.843. The van der Waals surface area contributed by atoms with Crippen LogP contribution < -0.4 is 5.73 Å². The van der Waals surface area contributed by atoms with Gasteiger partial charge in [0.05, 0.1) is 0 Å². The molecule has 88 valence electrons. The van der Waals surface area contributed by atoms with Crippen molar-refractivity contribution in [1.82, 2.24) is 9.88 Å². The summed E-state index contributed by atoms with van der Waals surface area (Å²) in [6.45, 7) is 7.63. The second-order valence-electron chi connectivity index (χ2n) is 4.21. The van der Waals surface area contributed by atoms with Crippen molar-refractivity contribution in [1.29, 1.82) is 0 Å². The molecule has 0 aliphatic rings. The van der Waals surface area contributed by atoms with Crippen LogP contribution in [0.15, 0.2) is 18.3 Å². The average molecular weight is 221 g/mol. The van der Waals surface area contributed by atoms with Gasteiger partial charge in [0, 0.05) is 24.8 Å². The van der Waals surface area contributed by atoms with Crippen molar-refractivity contribution in [2.24, 2.45) is 5.92 Å². The summed E-state index contributed by atoms with van der Waals surface area (Å²) < 4.78 is 0. The summed E-state index contributed by atoms with van der Waals surface area (Å²) in [7, 11) is 0. The zero-order chi connectivity index (χ0) is 12.1. The molecule has 0 bridgehead atoms. The number of nitrogen functional groups attached to an aromatic ring is 1. The minimum Gasteiger partial charge on any atom is -0.384 e. The van der Waals surface area contributed by atoms with Crippen LogP contribution in [0.3, 0.4) is 0 Å². The van der Waals surface area contributed by atoms with Gasteiger partial charge < -0.3 is 10.6 Å². The molecule has 0 spiro atoms. The Balaban J connectivity index is 2.82. The van der Waals surface area contributed by atoms with Crippen LogP contribution in [0.5, 0.6) is 0 Å². The highest BCUT2D eigenvalue weighted by atomic mass is 16.2. The minimum atomic E-state index is 0.0188. The number of pyridine rings is 1. The molecule has 0 aliphatic carbocycles. The molecule has 1 aromatic heterocycles. The van der Waals surface area contributed by atoms with E-state index in [2.05, 4.69) is 18.8 Å². The average Bonchev–Trinajstić information content (AvgIpc) is 2.24. The molecule has 1 rings (SSSR count). The Labute approximate surface area is 96.5 Å². The fourth-order valence-corrected chi connectivity index (χ4v) is 1.56. The summed E-state index contributed by atoms with van der Waals surface area (Å²) in [6, 6.07) is 3.31. The van der Waals surface area contributed by atoms with E-state index in [1.54, 1.807) is 18.3 Å². The molecular weight excluding hydrogens is 202 g/mol. The van der Waals surface area contributed by atoms with Crippen LogP contribution >= 0.6 is 0 Å². The molecular formula is C12H19N3O. The van der Waals surface area contributed by atoms with Gasteiger partial charge in [-0.15, -0.1) is 0 Å². The molecule has 0 aromatic carbocycles. The van der Waals surface area contributed by atoms with E-state index in [4.69, 9.17) is 5.73 Å². The highest BCUT2D eigenvalue weighted by molar-refractivity contribution is 5.94. The molecule has 1 aromatic rings. The summed E-state index contributed by atoms with van der Waals surface area (Å²) in [5, 5.41) is 0. The van der Waals surface area contributed by atoms with E-state index in [1.807, 2.05) is 11.8 Å². The zero-order valence-electron chi connectivity index (χ0n) is 10.1. The maximum Gasteiger partial charge on any atom is 0.254 e. The predicted octanol–water partition coefficient (Wildman–Crippen LogP) is 1.78. The Hall–Kier alpha value is -1.58. The van der Waals surface area contributed by atoms with Gasteiger partial charge in [0.2, 0.25) is 0 Å². The largest absolute Gasteiger partial charge is 0.384 e. The number of hydrogen-bond donors (Lipinski definition) is 1. The van der Waals surface area contributed by atoms with Crippen LogP contribution in [-0.4, -0.2) is 28.9 Å². The molecule has 4 heteroatoms. The number of hydrogen-bond acceptors (Lipinski definition) is 3. The van der Waals surface area contributed by atoms with Crippen molar-refractivity contribution < 1.29 is 4.79 Å². The van der Waals surface area contributed by atoms with Crippen LogP contribution in [0.1, 0.15) is 31.1 Å². The predicted molar refractivity (Wildman–Crippen MR) is 65.1 cm³/mol. The summed E-state index contributed by atoms with van der Waals surface area (Å²) in [6.07, 6.45) is 1.56. The van der Waals surface area contributed by atoms with Crippen LogP contribution in [0.4, 0.5) is 5.82 Å². The lowest BCUT2D eigenvalue weighted by molar-refractivity contribution is 0.0745. The van der Waals surface area contributed by atoms with Crippen molar-refractivity contribution in [3.63, 3.8) is 0 Å². The SMILES string of the molecule is CCN(CC(C)C)C(=O)c1ccnc(N)c1. The number of carbonyl (C=O) groups is 1. The number of carbonyl (C=O) groups excluding carboxylic acids is 1. The minimum absolute atomic E-state index is 0.0188. The topological polar surface area (TPSA) is 59.2 Å². The summed E-state index contributed by atoms with van der Waals surface area (Å²) in [5.74, 6) is 0.861. The zero-order valence-corrected chi connectivity index (χ0v) is 10.1. The number of anilines is 1. The van der Waals surface area contributed by atoms with Crippen molar-refractivity contribution >= 4 is 11.7 Å². The van der Waals surface area contributed by atoms with Gasteiger partial charge in [-0.2, -0.15) is 0 Å². The molecule has 16 heavy (non-hydrogen) atoms. The van der Waals surface area contributed by atoms with E-state index < -0.39 is 0 Å². The monoisotopic (exact) mass is 221 g/mol. The Bertz CT molecular complexity index is 363.